The van der Waals surface area contributed by atoms with Gasteiger partial charge in [0.2, 0.25) is 0 Å². The molecule has 0 heterocycles. The molecule has 1 atom stereocenters. The lowest BCUT2D eigenvalue weighted by atomic mass is 10.0. The second kappa shape index (κ2) is 6.00. The molecule has 4 nitrogen and oxygen atoms in total. The molecular formula is C13H22N2O2. The Labute approximate surface area is 103 Å². The quantitative estimate of drug-likeness (QED) is 0.741. The standard InChI is InChI=1S/C13H22N2O2/c1-10-6-5-7-11(8-10)15-13(2,9-14)12(16-3)17-4/h5-8,12,15H,9,14H2,1-4H3. The van der Waals surface area contributed by atoms with E-state index in [9.17, 15) is 0 Å². The molecule has 1 aromatic rings. The van der Waals surface area contributed by atoms with Gasteiger partial charge in [0.1, 0.15) is 0 Å². The summed E-state index contributed by atoms with van der Waals surface area (Å²) in [6.07, 6.45) is -0.395. The molecule has 1 unspecified atom stereocenters. The van der Waals surface area contributed by atoms with Gasteiger partial charge in [-0.2, -0.15) is 0 Å². The lowest BCUT2D eigenvalue weighted by molar-refractivity contribution is -0.134. The zero-order chi connectivity index (χ0) is 12.9. The number of ether oxygens (including phenoxy) is 2. The van der Waals surface area contributed by atoms with E-state index in [1.54, 1.807) is 14.2 Å². The minimum absolute atomic E-state index is 0.395. The van der Waals surface area contributed by atoms with Gasteiger partial charge in [-0.1, -0.05) is 12.1 Å². The van der Waals surface area contributed by atoms with E-state index in [4.69, 9.17) is 15.2 Å². The van der Waals surface area contributed by atoms with E-state index >= 15 is 0 Å². The lowest BCUT2D eigenvalue weighted by Crippen LogP contribution is -2.54. The SMILES string of the molecule is COC(OC)C(C)(CN)Nc1cccc(C)c1. The van der Waals surface area contributed by atoms with Gasteiger partial charge in [-0.3, -0.25) is 0 Å². The first-order chi connectivity index (χ1) is 8.05. The van der Waals surface area contributed by atoms with E-state index in [2.05, 4.69) is 24.4 Å². The van der Waals surface area contributed by atoms with Crippen molar-refractivity contribution in [2.75, 3.05) is 26.1 Å². The van der Waals surface area contributed by atoms with Crippen molar-refractivity contribution in [3.05, 3.63) is 29.8 Å². The molecule has 3 N–H and O–H groups in total. The summed E-state index contributed by atoms with van der Waals surface area (Å²) in [6, 6.07) is 8.12. The molecule has 0 aliphatic carbocycles. The topological polar surface area (TPSA) is 56.5 Å². The Balaban J connectivity index is 2.88. The Hall–Kier alpha value is -1.10. The van der Waals surface area contributed by atoms with Crippen molar-refractivity contribution < 1.29 is 9.47 Å². The zero-order valence-corrected chi connectivity index (χ0v) is 11.0. The normalized spacial score (nSPS) is 14.7. The van der Waals surface area contributed by atoms with Gasteiger partial charge < -0.3 is 20.5 Å². The third kappa shape index (κ3) is 3.43. The van der Waals surface area contributed by atoms with Gasteiger partial charge in [-0.25, -0.2) is 0 Å². The van der Waals surface area contributed by atoms with Gasteiger partial charge in [0.05, 0.1) is 5.54 Å². The number of nitrogens with two attached hydrogens (primary N) is 1. The van der Waals surface area contributed by atoms with Gasteiger partial charge in [-0.15, -0.1) is 0 Å². The summed E-state index contributed by atoms with van der Waals surface area (Å²) in [5.41, 5.74) is 7.57. The second-order valence-corrected chi connectivity index (χ2v) is 4.42. The highest BCUT2D eigenvalue weighted by atomic mass is 16.7. The van der Waals surface area contributed by atoms with E-state index in [-0.39, 0.29) is 0 Å². The predicted octanol–water partition coefficient (Wildman–Crippen LogP) is 1.74. The van der Waals surface area contributed by atoms with E-state index in [0.717, 1.165) is 5.69 Å². The Bertz CT molecular complexity index is 353. The summed E-state index contributed by atoms with van der Waals surface area (Å²) in [6.45, 7) is 4.44. The molecule has 1 rings (SSSR count). The number of aryl methyl sites for hydroxylation is 1. The van der Waals surface area contributed by atoms with Crippen molar-refractivity contribution in [1.82, 2.24) is 0 Å². The summed E-state index contributed by atoms with van der Waals surface area (Å²) in [7, 11) is 3.22. The fourth-order valence-electron chi connectivity index (χ4n) is 1.88. The van der Waals surface area contributed by atoms with Gasteiger partial charge in [0.25, 0.3) is 0 Å². The summed E-state index contributed by atoms with van der Waals surface area (Å²) in [5, 5.41) is 3.37. The number of hydrogen-bond acceptors (Lipinski definition) is 4. The lowest BCUT2D eigenvalue weighted by Gasteiger charge is -2.36. The maximum Gasteiger partial charge on any atom is 0.180 e. The molecule has 0 aliphatic heterocycles. The predicted molar refractivity (Wildman–Crippen MR) is 70.1 cm³/mol. The molecular weight excluding hydrogens is 216 g/mol. The maximum atomic E-state index is 5.82. The van der Waals surface area contributed by atoms with Gasteiger partial charge in [0.15, 0.2) is 6.29 Å². The fraction of sp³-hybridized carbons (Fsp3) is 0.538. The van der Waals surface area contributed by atoms with Gasteiger partial charge >= 0.3 is 0 Å². The van der Waals surface area contributed by atoms with Crippen LogP contribution in [0.5, 0.6) is 0 Å². The third-order valence-electron chi connectivity index (χ3n) is 2.82. The number of nitrogens with one attached hydrogen (secondary N) is 1. The van der Waals surface area contributed by atoms with E-state index in [0.29, 0.717) is 6.54 Å². The van der Waals surface area contributed by atoms with Crippen molar-refractivity contribution in [3.63, 3.8) is 0 Å². The van der Waals surface area contributed by atoms with Gasteiger partial charge in [0, 0.05) is 26.5 Å². The van der Waals surface area contributed by atoms with Crippen LogP contribution in [0.15, 0.2) is 24.3 Å². The van der Waals surface area contributed by atoms with Crippen molar-refractivity contribution >= 4 is 5.69 Å². The molecule has 0 saturated carbocycles. The Morgan fingerprint density at radius 1 is 1.35 bits per heavy atom. The number of hydrogen-bond donors (Lipinski definition) is 2. The van der Waals surface area contributed by atoms with Crippen molar-refractivity contribution in [2.24, 2.45) is 5.73 Å². The summed E-state index contributed by atoms with van der Waals surface area (Å²) < 4.78 is 10.6. The number of rotatable bonds is 6. The minimum atomic E-state index is -0.461. The van der Waals surface area contributed by atoms with Crippen LogP contribution in [0.4, 0.5) is 5.69 Å². The van der Waals surface area contributed by atoms with Crippen LogP contribution >= 0.6 is 0 Å². The highest BCUT2D eigenvalue weighted by Gasteiger charge is 2.33. The van der Waals surface area contributed by atoms with Gasteiger partial charge in [-0.05, 0) is 31.5 Å². The van der Waals surface area contributed by atoms with E-state index in [1.807, 2.05) is 19.1 Å². The number of anilines is 1. The van der Waals surface area contributed by atoms with E-state index < -0.39 is 11.8 Å². The molecule has 0 amide bonds. The molecule has 17 heavy (non-hydrogen) atoms. The highest BCUT2D eigenvalue weighted by molar-refractivity contribution is 5.47. The van der Waals surface area contributed by atoms with Crippen molar-refractivity contribution in [3.8, 4) is 0 Å². The molecule has 96 valence electrons. The Morgan fingerprint density at radius 2 is 2.00 bits per heavy atom. The molecule has 0 spiro atoms. The van der Waals surface area contributed by atoms with Crippen LogP contribution in [-0.4, -0.2) is 32.6 Å². The van der Waals surface area contributed by atoms with Crippen molar-refractivity contribution in [1.29, 1.82) is 0 Å². The first-order valence-corrected chi connectivity index (χ1v) is 5.66. The molecule has 0 bridgehead atoms. The summed E-state index contributed by atoms with van der Waals surface area (Å²) >= 11 is 0. The van der Waals surface area contributed by atoms with Crippen LogP contribution in [0, 0.1) is 6.92 Å². The molecule has 0 aromatic heterocycles. The average molecular weight is 238 g/mol. The first-order valence-electron chi connectivity index (χ1n) is 5.66. The molecule has 4 heteroatoms. The molecule has 1 aromatic carbocycles. The Kier molecular flexibility index (Phi) is 4.93. The van der Waals surface area contributed by atoms with Crippen LogP contribution in [0.1, 0.15) is 12.5 Å². The third-order valence-corrected chi connectivity index (χ3v) is 2.82. The van der Waals surface area contributed by atoms with Crippen molar-refractivity contribution in [2.45, 2.75) is 25.7 Å². The molecule has 0 aliphatic rings. The zero-order valence-electron chi connectivity index (χ0n) is 11.0. The van der Waals surface area contributed by atoms with Crippen LogP contribution in [0.3, 0.4) is 0 Å². The van der Waals surface area contributed by atoms with Crippen LogP contribution in [0.25, 0.3) is 0 Å². The maximum absolute atomic E-state index is 5.82. The molecule has 0 saturated heterocycles. The van der Waals surface area contributed by atoms with Crippen LogP contribution in [0.2, 0.25) is 0 Å². The smallest absolute Gasteiger partial charge is 0.180 e. The number of benzene rings is 1. The van der Waals surface area contributed by atoms with Crippen LogP contribution in [-0.2, 0) is 9.47 Å². The highest BCUT2D eigenvalue weighted by Crippen LogP contribution is 2.21. The Morgan fingerprint density at radius 3 is 2.47 bits per heavy atom. The largest absolute Gasteiger partial charge is 0.374 e. The first kappa shape index (κ1) is 14.0. The summed E-state index contributed by atoms with van der Waals surface area (Å²) in [5.74, 6) is 0. The van der Waals surface area contributed by atoms with Crippen LogP contribution < -0.4 is 11.1 Å². The minimum Gasteiger partial charge on any atom is -0.374 e. The molecule has 0 fully saturated rings. The average Bonchev–Trinajstić information content (AvgIpc) is 2.30. The fourth-order valence-corrected chi connectivity index (χ4v) is 1.88. The second-order valence-electron chi connectivity index (χ2n) is 4.42. The summed E-state index contributed by atoms with van der Waals surface area (Å²) in [4.78, 5) is 0. The number of methoxy groups -OCH3 is 2. The van der Waals surface area contributed by atoms with E-state index in [1.165, 1.54) is 5.56 Å². The monoisotopic (exact) mass is 238 g/mol. The molecule has 0 radical (unpaired) electrons.